The number of hydrogen-bond donors (Lipinski definition) is 2. The topological polar surface area (TPSA) is 75.3 Å². The normalized spacial score (nSPS) is 22.6. The van der Waals surface area contributed by atoms with Gasteiger partial charge in [0.05, 0.1) is 6.26 Å². The molecule has 2 N–H and O–H groups in total. The van der Waals surface area contributed by atoms with Gasteiger partial charge in [-0.3, -0.25) is 9.52 Å². The van der Waals surface area contributed by atoms with Crippen LogP contribution in [0.5, 0.6) is 0 Å². The SMILES string of the molecule is CC1CCC(NC(=O)c2cccc(NS(C)(=O)=O)c2)CC1. The van der Waals surface area contributed by atoms with Crippen molar-refractivity contribution in [3.8, 4) is 0 Å². The first-order valence-electron chi connectivity index (χ1n) is 7.22. The summed E-state index contributed by atoms with van der Waals surface area (Å²) in [5.74, 6) is 0.590. The van der Waals surface area contributed by atoms with Crippen molar-refractivity contribution in [2.24, 2.45) is 5.92 Å². The van der Waals surface area contributed by atoms with Gasteiger partial charge in [-0.15, -0.1) is 0 Å². The van der Waals surface area contributed by atoms with Crippen molar-refractivity contribution in [3.05, 3.63) is 29.8 Å². The number of benzene rings is 1. The summed E-state index contributed by atoms with van der Waals surface area (Å²) in [6.45, 7) is 2.23. The van der Waals surface area contributed by atoms with Gasteiger partial charge < -0.3 is 5.32 Å². The summed E-state index contributed by atoms with van der Waals surface area (Å²) in [4.78, 5) is 12.2. The fourth-order valence-corrected chi connectivity index (χ4v) is 3.17. The van der Waals surface area contributed by atoms with E-state index in [2.05, 4.69) is 17.0 Å². The lowest BCUT2D eigenvalue weighted by Crippen LogP contribution is -2.37. The van der Waals surface area contributed by atoms with E-state index in [1.54, 1.807) is 24.3 Å². The second kappa shape index (κ2) is 6.47. The van der Waals surface area contributed by atoms with Crippen molar-refractivity contribution in [1.82, 2.24) is 5.32 Å². The van der Waals surface area contributed by atoms with Gasteiger partial charge in [-0.2, -0.15) is 0 Å². The van der Waals surface area contributed by atoms with Crippen LogP contribution in [0.25, 0.3) is 0 Å². The summed E-state index contributed by atoms with van der Waals surface area (Å²) in [7, 11) is -3.33. The number of sulfonamides is 1. The molecular weight excluding hydrogens is 288 g/mol. The molecule has 1 aromatic carbocycles. The Morgan fingerprint density at radius 2 is 1.86 bits per heavy atom. The molecule has 6 heteroatoms. The zero-order valence-electron chi connectivity index (χ0n) is 12.4. The Hall–Kier alpha value is -1.56. The van der Waals surface area contributed by atoms with Crippen LogP contribution in [-0.2, 0) is 10.0 Å². The lowest BCUT2D eigenvalue weighted by atomic mass is 9.87. The van der Waals surface area contributed by atoms with Crippen molar-refractivity contribution in [2.75, 3.05) is 11.0 Å². The Labute approximate surface area is 126 Å². The first-order chi connectivity index (χ1) is 9.83. The molecule has 1 amide bonds. The molecule has 0 saturated heterocycles. The van der Waals surface area contributed by atoms with E-state index >= 15 is 0 Å². The van der Waals surface area contributed by atoms with Crippen LogP contribution in [0.1, 0.15) is 43.0 Å². The maximum atomic E-state index is 12.2. The Kier molecular flexibility index (Phi) is 4.88. The summed E-state index contributed by atoms with van der Waals surface area (Å²) in [5.41, 5.74) is 0.879. The molecule has 5 nitrogen and oxygen atoms in total. The van der Waals surface area contributed by atoms with Gasteiger partial charge in [-0.1, -0.05) is 13.0 Å². The molecule has 0 aromatic heterocycles. The second-order valence-corrected chi connectivity index (χ2v) is 7.63. The maximum absolute atomic E-state index is 12.2. The number of hydrogen-bond acceptors (Lipinski definition) is 3. The van der Waals surface area contributed by atoms with Gasteiger partial charge in [0.15, 0.2) is 0 Å². The minimum Gasteiger partial charge on any atom is -0.349 e. The number of carbonyl (C=O) groups excluding carboxylic acids is 1. The predicted octanol–water partition coefficient (Wildman–Crippen LogP) is 2.37. The van der Waals surface area contributed by atoms with Crippen LogP contribution in [0.4, 0.5) is 5.69 Å². The summed E-state index contributed by atoms with van der Waals surface area (Å²) in [5, 5.41) is 3.03. The standard InChI is InChI=1S/C15H22N2O3S/c1-11-6-8-13(9-7-11)16-15(18)12-4-3-5-14(10-12)17-21(2,19)20/h3-5,10-11,13,17H,6-9H2,1-2H3,(H,16,18). The van der Waals surface area contributed by atoms with Gasteiger partial charge in [0.2, 0.25) is 10.0 Å². The summed E-state index contributed by atoms with van der Waals surface area (Å²) in [6, 6.07) is 6.77. The molecule has 0 aliphatic heterocycles. The van der Waals surface area contributed by atoms with Crippen LogP contribution >= 0.6 is 0 Å². The third kappa shape index (κ3) is 5.04. The molecule has 0 spiro atoms. The van der Waals surface area contributed by atoms with Gasteiger partial charge in [-0.25, -0.2) is 8.42 Å². The number of rotatable bonds is 4. The fraction of sp³-hybridized carbons (Fsp3) is 0.533. The minimum absolute atomic E-state index is 0.147. The minimum atomic E-state index is -3.33. The third-order valence-electron chi connectivity index (χ3n) is 3.78. The molecule has 0 atom stereocenters. The van der Waals surface area contributed by atoms with Crippen LogP contribution in [0.3, 0.4) is 0 Å². The molecule has 1 aliphatic carbocycles. The maximum Gasteiger partial charge on any atom is 0.251 e. The van der Waals surface area contributed by atoms with Gasteiger partial charge in [-0.05, 0) is 49.8 Å². The molecule has 21 heavy (non-hydrogen) atoms. The molecule has 116 valence electrons. The van der Waals surface area contributed by atoms with E-state index in [9.17, 15) is 13.2 Å². The highest BCUT2D eigenvalue weighted by Crippen LogP contribution is 2.23. The van der Waals surface area contributed by atoms with Gasteiger partial charge in [0.25, 0.3) is 5.91 Å². The molecule has 1 saturated carbocycles. The van der Waals surface area contributed by atoms with E-state index in [0.717, 1.165) is 37.9 Å². The average Bonchev–Trinajstić information content (AvgIpc) is 2.40. The molecule has 1 aliphatic rings. The summed E-state index contributed by atoms with van der Waals surface area (Å²) >= 11 is 0. The number of anilines is 1. The Morgan fingerprint density at radius 3 is 2.48 bits per heavy atom. The van der Waals surface area contributed by atoms with Crippen molar-refractivity contribution in [3.63, 3.8) is 0 Å². The van der Waals surface area contributed by atoms with Gasteiger partial charge in [0, 0.05) is 17.3 Å². The van der Waals surface area contributed by atoms with Crippen molar-refractivity contribution >= 4 is 21.6 Å². The Balaban J connectivity index is 2.01. The van der Waals surface area contributed by atoms with Crippen LogP contribution in [0, 0.1) is 5.92 Å². The molecule has 1 fully saturated rings. The first kappa shape index (κ1) is 15.8. The fourth-order valence-electron chi connectivity index (χ4n) is 2.61. The molecule has 0 radical (unpaired) electrons. The number of amides is 1. The van der Waals surface area contributed by atoms with Gasteiger partial charge in [0.1, 0.15) is 0 Å². The summed E-state index contributed by atoms with van der Waals surface area (Å²) < 4.78 is 24.8. The van der Waals surface area contributed by atoms with E-state index in [4.69, 9.17) is 0 Å². The van der Waals surface area contributed by atoms with Gasteiger partial charge >= 0.3 is 0 Å². The average molecular weight is 310 g/mol. The van der Waals surface area contributed by atoms with Crippen LogP contribution in [0.15, 0.2) is 24.3 Å². The van der Waals surface area contributed by atoms with Crippen molar-refractivity contribution in [1.29, 1.82) is 0 Å². The summed E-state index contributed by atoms with van der Waals surface area (Å²) in [6.07, 6.45) is 5.38. The van der Waals surface area contributed by atoms with E-state index < -0.39 is 10.0 Å². The van der Waals surface area contributed by atoms with E-state index in [1.807, 2.05) is 0 Å². The molecule has 0 unspecified atom stereocenters. The Morgan fingerprint density at radius 1 is 1.19 bits per heavy atom. The molecule has 0 heterocycles. The lowest BCUT2D eigenvalue weighted by Gasteiger charge is -2.26. The van der Waals surface area contributed by atoms with E-state index in [-0.39, 0.29) is 11.9 Å². The molecule has 0 bridgehead atoms. The van der Waals surface area contributed by atoms with Crippen LogP contribution < -0.4 is 10.0 Å². The largest absolute Gasteiger partial charge is 0.349 e. The first-order valence-corrected chi connectivity index (χ1v) is 9.11. The van der Waals surface area contributed by atoms with Crippen molar-refractivity contribution in [2.45, 2.75) is 38.6 Å². The van der Waals surface area contributed by atoms with E-state index in [1.165, 1.54) is 0 Å². The third-order valence-corrected chi connectivity index (χ3v) is 4.39. The quantitative estimate of drug-likeness (QED) is 0.896. The van der Waals surface area contributed by atoms with Crippen LogP contribution in [0.2, 0.25) is 0 Å². The molecular formula is C15H22N2O3S. The number of nitrogens with one attached hydrogen (secondary N) is 2. The second-order valence-electron chi connectivity index (χ2n) is 5.89. The molecule has 2 rings (SSSR count). The smallest absolute Gasteiger partial charge is 0.251 e. The Bertz CT molecular complexity index is 605. The predicted molar refractivity (Wildman–Crippen MR) is 83.8 cm³/mol. The highest BCUT2D eigenvalue weighted by molar-refractivity contribution is 7.92. The number of carbonyl (C=O) groups is 1. The zero-order chi connectivity index (χ0) is 15.5. The lowest BCUT2D eigenvalue weighted by molar-refractivity contribution is 0.0923. The monoisotopic (exact) mass is 310 g/mol. The molecule has 1 aromatic rings. The van der Waals surface area contributed by atoms with Crippen molar-refractivity contribution < 1.29 is 13.2 Å². The zero-order valence-corrected chi connectivity index (χ0v) is 13.2. The highest BCUT2D eigenvalue weighted by Gasteiger charge is 2.20. The van der Waals surface area contributed by atoms with E-state index in [0.29, 0.717) is 11.3 Å². The highest BCUT2D eigenvalue weighted by atomic mass is 32.2. The van der Waals surface area contributed by atoms with Crippen LogP contribution in [-0.4, -0.2) is 26.6 Å².